The molecular formula is C14H12ClF2NO. The fourth-order valence-electron chi connectivity index (χ4n) is 1.65. The minimum Gasteiger partial charge on any atom is -0.483 e. The van der Waals surface area contributed by atoms with E-state index >= 15 is 0 Å². The first-order chi connectivity index (χ1) is 9.10. The summed E-state index contributed by atoms with van der Waals surface area (Å²) in [4.78, 5) is 0. The van der Waals surface area contributed by atoms with Gasteiger partial charge < -0.3 is 10.5 Å². The monoisotopic (exact) mass is 283 g/mol. The van der Waals surface area contributed by atoms with Gasteiger partial charge in [0, 0.05) is 6.54 Å². The molecule has 0 aliphatic heterocycles. The van der Waals surface area contributed by atoms with Gasteiger partial charge >= 0.3 is 0 Å². The van der Waals surface area contributed by atoms with Crippen LogP contribution in [0.2, 0.25) is 5.02 Å². The molecule has 0 amide bonds. The number of benzene rings is 2. The Balaban J connectivity index is 2.21. The van der Waals surface area contributed by atoms with Crippen LogP contribution in [0.5, 0.6) is 5.75 Å². The van der Waals surface area contributed by atoms with Crippen molar-refractivity contribution >= 4 is 11.6 Å². The van der Waals surface area contributed by atoms with E-state index in [-0.39, 0.29) is 17.4 Å². The van der Waals surface area contributed by atoms with Gasteiger partial charge in [0.25, 0.3) is 0 Å². The van der Waals surface area contributed by atoms with Crippen LogP contribution in [0, 0.1) is 11.6 Å². The second-order valence-electron chi connectivity index (χ2n) is 3.97. The Morgan fingerprint density at radius 2 is 1.68 bits per heavy atom. The van der Waals surface area contributed by atoms with Gasteiger partial charge in [0.2, 0.25) is 0 Å². The number of halogens is 3. The van der Waals surface area contributed by atoms with E-state index in [0.717, 1.165) is 11.6 Å². The first-order valence-electron chi connectivity index (χ1n) is 5.67. The van der Waals surface area contributed by atoms with Gasteiger partial charge in [-0.15, -0.1) is 0 Å². The molecule has 1 unspecified atom stereocenters. The third-order valence-corrected chi connectivity index (χ3v) is 2.91. The second-order valence-corrected chi connectivity index (χ2v) is 4.38. The van der Waals surface area contributed by atoms with Crippen LogP contribution in [0.4, 0.5) is 8.78 Å². The van der Waals surface area contributed by atoms with E-state index in [0.29, 0.717) is 5.75 Å². The molecule has 0 saturated heterocycles. The Morgan fingerprint density at radius 3 is 2.26 bits per heavy atom. The molecule has 2 rings (SSSR count). The van der Waals surface area contributed by atoms with Crippen molar-refractivity contribution in [1.29, 1.82) is 0 Å². The molecule has 5 heteroatoms. The lowest BCUT2D eigenvalue weighted by atomic mass is 10.1. The zero-order chi connectivity index (χ0) is 13.8. The van der Waals surface area contributed by atoms with Gasteiger partial charge in [-0.1, -0.05) is 23.7 Å². The van der Waals surface area contributed by atoms with Crippen molar-refractivity contribution in [3.05, 3.63) is 64.7 Å². The van der Waals surface area contributed by atoms with Gasteiger partial charge in [0.1, 0.15) is 23.5 Å². The minimum absolute atomic E-state index is 0.167. The van der Waals surface area contributed by atoms with Crippen LogP contribution in [-0.2, 0) is 0 Å². The zero-order valence-corrected chi connectivity index (χ0v) is 10.7. The molecule has 0 spiro atoms. The Labute approximate surface area is 114 Å². The molecule has 2 aromatic rings. The summed E-state index contributed by atoms with van der Waals surface area (Å²) in [5.74, 6) is -0.439. The summed E-state index contributed by atoms with van der Waals surface area (Å²) < 4.78 is 31.4. The molecule has 0 aliphatic rings. The van der Waals surface area contributed by atoms with E-state index in [1.54, 1.807) is 12.1 Å². The smallest absolute Gasteiger partial charge is 0.139 e. The highest BCUT2D eigenvalue weighted by atomic mass is 35.5. The van der Waals surface area contributed by atoms with Gasteiger partial charge in [0.05, 0.1) is 5.02 Å². The van der Waals surface area contributed by atoms with Gasteiger partial charge in [-0.05, 0) is 35.9 Å². The van der Waals surface area contributed by atoms with E-state index in [9.17, 15) is 8.78 Å². The fourth-order valence-corrected chi connectivity index (χ4v) is 1.87. The molecule has 2 nitrogen and oxygen atoms in total. The Hall–Kier alpha value is -1.65. The van der Waals surface area contributed by atoms with Crippen molar-refractivity contribution in [2.75, 3.05) is 6.54 Å². The molecule has 19 heavy (non-hydrogen) atoms. The SMILES string of the molecule is NCC(Oc1ccc(F)cc1Cl)c1ccc(F)cc1. The maximum absolute atomic E-state index is 12.9. The van der Waals surface area contributed by atoms with E-state index < -0.39 is 11.9 Å². The highest BCUT2D eigenvalue weighted by Crippen LogP contribution is 2.29. The minimum atomic E-state index is -0.469. The molecule has 0 aliphatic carbocycles. The molecule has 1 atom stereocenters. The molecule has 100 valence electrons. The highest BCUT2D eigenvalue weighted by molar-refractivity contribution is 6.32. The lowest BCUT2D eigenvalue weighted by Gasteiger charge is -2.18. The van der Waals surface area contributed by atoms with E-state index in [4.69, 9.17) is 22.1 Å². The van der Waals surface area contributed by atoms with Crippen molar-refractivity contribution in [3.63, 3.8) is 0 Å². The van der Waals surface area contributed by atoms with Gasteiger partial charge in [0.15, 0.2) is 0 Å². The summed E-state index contributed by atoms with van der Waals surface area (Å²) in [5.41, 5.74) is 6.36. The van der Waals surface area contributed by atoms with Crippen LogP contribution < -0.4 is 10.5 Å². The van der Waals surface area contributed by atoms with Crippen LogP contribution in [0.15, 0.2) is 42.5 Å². The third-order valence-electron chi connectivity index (χ3n) is 2.62. The summed E-state index contributed by atoms with van der Waals surface area (Å²) in [5, 5.41) is 0.167. The van der Waals surface area contributed by atoms with Crippen molar-refractivity contribution in [1.82, 2.24) is 0 Å². The molecule has 0 saturated carbocycles. The van der Waals surface area contributed by atoms with Gasteiger partial charge in [-0.25, -0.2) is 8.78 Å². The maximum atomic E-state index is 12.9. The Kier molecular flexibility index (Phi) is 4.35. The first kappa shape index (κ1) is 13.8. The van der Waals surface area contributed by atoms with Gasteiger partial charge in [-0.3, -0.25) is 0 Å². The van der Waals surface area contributed by atoms with Gasteiger partial charge in [-0.2, -0.15) is 0 Å². The normalized spacial score (nSPS) is 12.2. The van der Waals surface area contributed by atoms with Crippen LogP contribution in [-0.4, -0.2) is 6.54 Å². The molecule has 2 aromatic carbocycles. The summed E-state index contributed by atoms with van der Waals surface area (Å²) in [6.07, 6.45) is -0.469. The summed E-state index contributed by atoms with van der Waals surface area (Å²) in [7, 11) is 0. The highest BCUT2D eigenvalue weighted by Gasteiger charge is 2.13. The topological polar surface area (TPSA) is 35.2 Å². The van der Waals surface area contributed by atoms with Crippen molar-refractivity contribution in [2.24, 2.45) is 5.73 Å². The Bertz CT molecular complexity index is 560. The summed E-state index contributed by atoms with van der Waals surface area (Å²) in [6.45, 7) is 0.194. The van der Waals surface area contributed by atoms with Crippen LogP contribution >= 0.6 is 11.6 Å². The van der Waals surface area contributed by atoms with E-state index in [1.807, 2.05) is 0 Å². The maximum Gasteiger partial charge on any atom is 0.139 e. The van der Waals surface area contributed by atoms with Crippen LogP contribution in [0.25, 0.3) is 0 Å². The summed E-state index contributed by atoms with van der Waals surface area (Å²) >= 11 is 5.88. The fraction of sp³-hybridized carbons (Fsp3) is 0.143. The summed E-state index contributed by atoms with van der Waals surface area (Å²) in [6, 6.07) is 9.67. The molecule has 0 bridgehead atoms. The molecule has 0 heterocycles. The number of rotatable bonds is 4. The molecular weight excluding hydrogens is 272 g/mol. The quantitative estimate of drug-likeness (QED) is 0.929. The number of nitrogens with two attached hydrogens (primary N) is 1. The van der Waals surface area contributed by atoms with Crippen LogP contribution in [0.3, 0.4) is 0 Å². The number of ether oxygens (including phenoxy) is 1. The molecule has 0 aromatic heterocycles. The molecule has 0 fully saturated rings. The second kappa shape index (κ2) is 5.99. The average Bonchev–Trinajstić information content (AvgIpc) is 2.39. The van der Waals surface area contributed by atoms with Crippen molar-refractivity contribution < 1.29 is 13.5 Å². The van der Waals surface area contributed by atoms with E-state index in [2.05, 4.69) is 0 Å². The lowest BCUT2D eigenvalue weighted by Crippen LogP contribution is -2.18. The zero-order valence-electron chi connectivity index (χ0n) is 9.95. The van der Waals surface area contributed by atoms with E-state index in [1.165, 1.54) is 24.3 Å². The average molecular weight is 284 g/mol. The first-order valence-corrected chi connectivity index (χ1v) is 6.05. The number of hydrogen-bond donors (Lipinski definition) is 1. The van der Waals surface area contributed by atoms with Crippen LogP contribution in [0.1, 0.15) is 11.7 Å². The number of hydrogen-bond acceptors (Lipinski definition) is 2. The predicted octanol–water partition coefficient (Wildman–Crippen LogP) is 3.70. The predicted molar refractivity (Wildman–Crippen MR) is 70.2 cm³/mol. The largest absolute Gasteiger partial charge is 0.483 e. The van der Waals surface area contributed by atoms with Crippen molar-refractivity contribution in [3.8, 4) is 5.75 Å². The Morgan fingerprint density at radius 1 is 1.05 bits per heavy atom. The van der Waals surface area contributed by atoms with Crippen molar-refractivity contribution in [2.45, 2.75) is 6.10 Å². The standard InChI is InChI=1S/C14H12ClF2NO/c15-12-7-11(17)5-6-13(12)19-14(8-18)9-1-3-10(16)4-2-9/h1-7,14H,8,18H2. The third kappa shape index (κ3) is 3.43. The lowest BCUT2D eigenvalue weighted by molar-refractivity contribution is 0.214. The molecule has 0 radical (unpaired) electrons. The molecule has 2 N–H and O–H groups in total.